The van der Waals surface area contributed by atoms with Crippen LogP contribution in [0.4, 0.5) is 0 Å². The van der Waals surface area contributed by atoms with E-state index in [-0.39, 0.29) is 0 Å². The van der Waals surface area contributed by atoms with Gasteiger partial charge in [-0.15, -0.1) is 0 Å². The lowest BCUT2D eigenvalue weighted by Crippen LogP contribution is -2.68. The van der Waals surface area contributed by atoms with Gasteiger partial charge in [-0.3, -0.25) is 0 Å². The largest absolute Gasteiger partial charge is 0.394 e. The van der Waals surface area contributed by atoms with Crippen LogP contribution in [0.3, 0.4) is 0 Å². The molecule has 0 saturated carbocycles. The maximum Gasteiger partial charge on any atom is 0.187 e. The van der Waals surface area contributed by atoms with E-state index >= 15 is 0 Å². The van der Waals surface area contributed by atoms with E-state index in [0.717, 1.165) is 0 Å². The highest BCUT2D eigenvalue weighted by atomic mass is 16.8. The van der Waals surface area contributed by atoms with E-state index in [2.05, 4.69) is 0 Å². The van der Waals surface area contributed by atoms with Gasteiger partial charge in [0, 0.05) is 7.11 Å². The number of rotatable bonds is 17. The van der Waals surface area contributed by atoms with Crippen molar-refractivity contribution in [2.45, 2.75) is 184 Å². The predicted molar refractivity (Wildman–Crippen MR) is 204 cm³/mol. The molecule has 0 aromatic rings. The molecule has 6 heterocycles. The Labute approximate surface area is 384 Å². The second-order valence-electron chi connectivity index (χ2n) is 17.0. The van der Waals surface area contributed by atoms with Gasteiger partial charge in [-0.05, 0) is 0 Å². The molecule has 0 aliphatic carbocycles. The van der Waals surface area contributed by atoms with Crippen molar-refractivity contribution in [3.8, 4) is 0 Å². The van der Waals surface area contributed by atoms with Crippen LogP contribution in [-0.4, -0.2) is 328 Å². The molecule has 68 heavy (non-hydrogen) atoms. The third-order valence-electron chi connectivity index (χ3n) is 12.7. The van der Waals surface area contributed by atoms with Crippen molar-refractivity contribution < 1.29 is 154 Å². The van der Waals surface area contributed by atoms with E-state index in [9.17, 15) is 97.0 Å². The standard InChI is InChI=1S/C37H64O31/c1-57-27-9(3-39)61-34(23(52)17(27)46)66-29-11(5-41)62-35(24(53)18(29)47)67-30-12(6-42)63-36(25(54)19(30)48)68-31-13(7-58-33-22(51)15(44)14(43)8(2-38)60-33)64-37(26(55)20(31)49)65-28-10(4-40)59-32(56)21(50)16(28)45/h8-56H,2-7H2,1H3/t8-,9?,10?,11-,12?,13-,14?,15?,16?,17?,18?,19?,20?,21?,22?,23?,24?,25?,26?,27?,28?,29?,30?,31?,32?,33?,34?,35+,36?,37+/m0/s1. The average molecular weight is 1000 g/mol. The highest BCUT2D eigenvalue weighted by Crippen LogP contribution is 2.36. The minimum atomic E-state index is -2.23. The highest BCUT2D eigenvalue weighted by Gasteiger charge is 2.57. The normalized spacial score (nSPS) is 52.8. The van der Waals surface area contributed by atoms with Crippen LogP contribution >= 0.6 is 0 Å². The van der Waals surface area contributed by atoms with Crippen LogP contribution in [0.15, 0.2) is 0 Å². The molecule has 6 aliphatic rings. The molecule has 0 aromatic heterocycles. The van der Waals surface area contributed by atoms with Gasteiger partial charge in [-0.2, -0.15) is 0 Å². The minimum absolute atomic E-state index is 0.704. The van der Waals surface area contributed by atoms with Crippen molar-refractivity contribution in [1.82, 2.24) is 0 Å². The van der Waals surface area contributed by atoms with Crippen molar-refractivity contribution in [1.29, 1.82) is 0 Å². The maximum atomic E-state index is 11.5. The Balaban J connectivity index is 1.17. The lowest BCUT2D eigenvalue weighted by molar-refractivity contribution is -0.395. The third kappa shape index (κ3) is 11.4. The Morgan fingerprint density at radius 1 is 0.294 bits per heavy atom. The summed E-state index contributed by atoms with van der Waals surface area (Å²) in [6.07, 6.45) is -55.7. The second kappa shape index (κ2) is 24.2. The smallest absolute Gasteiger partial charge is 0.187 e. The van der Waals surface area contributed by atoms with Gasteiger partial charge in [0.25, 0.3) is 0 Å². The van der Waals surface area contributed by atoms with E-state index in [0.29, 0.717) is 0 Å². The summed E-state index contributed by atoms with van der Waals surface area (Å²) in [5, 5.41) is 200. The fraction of sp³-hybridized carbons (Fsp3) is 1.00. The van der Waals surface area contributed by atoms with Crippen LogP contribution in [0.2, 0.25) is 0 Å². The monoisotopic (exact) mass is 1000 g/mol. The molecule has 31 heteroatoms. The van der Waals surface area contributed by atoms with Gasteiger partial charge in [0.2, 0.25) is 0 Å². The first-order valence-electron chi connectivity index (χ1n) is 21.5. The maximum absolute atomic E-state index is 11.5. The first-order chi connectivity index (χ1) is 32.3. The van der Waals surface area contributed by atoms with Gasteiger partial charge in [0.15, 0.2) is 37.7 Å². The van der Waals surface area contributed by atoms with E-state index in [4.69, 9.17) is 56.8 Å². The van der Waals surface area contributed by atoms with Crippen LogP contribution in [0.25, 0.3) is 0 Å². The first-order valence-corrected chi connectivity index (χ1v) is 21.5. The SMILES string of the molecule is COC1C(CO)OC(OC2C(O)C(O)[C@@H](OC3C(CO)OC(OC4C(O)C(O)[C@@H](OC5C(CO)OC(O)C(O)C5O)O[C@H]4COC4O[C@@H](CO)C(O)C(O)C4O)C(O)C3O)O[C@H]2CO)C(O)C1O. The number of aliphatic hydroxyl groups is 19. The molecule has 19 N–H and O–H groups in total. The van der Waals surface area contributed by atoms with Crippen LogP contribution < -0.4 is 0 Å². The van der Waals surface area contributed by atoms with Crippen LogP contribution in [0.1, 0.15) is 0 Å². The third-order valence-corrected chi connectivity index (χ3v) is 12.7. The van der Waals surface area contributed by atoms with E-state index in [1.54, 1.807) is 0 Å². The van der Waals surface area contributed by atoms with Gasteiger partial charge in [0.1, 0.15) is 146 Å². The van der Waals surface area contributed by atoms with Gasteiger partial charge in [-0.1, -0.05) is 0 Å². The van der Waals surface area contributed by atoms with E-state index in [1.165, 1.54) is 7.11 Å². The van der Waals surface area contributed by atoms with Crippen molar-refractivity contribution in [3.05, 3.63) is 0 Å². The zero-order valence-corrected chi connectivity index (χ0v) is 36.0. The Kier molecular flexibility index (Phi) is 19.9. The predicted octanol–water partition coefficient (Wildman–Crippen LogP) is -13.4. The molecule has 25 unspecified atom stereocenters. The fourth-order valence-corrected chi connectivity index (χ4v) is 8.69. The molecule has 6 aliphatic heterocycles. The summed E-state index contributed by atoms with van der Waals surface area (Å²) >= 11 is 0. The lowest BCUT2D eigenvalue weighted by atomic mass is 9.95. The average Bonchev–Trinajstić information content (AvgIpc) is 3.33. The van der Waals surface area contributed by atoms with Crippen molar-refractivity contribution in [2.24, 2.45) is 0 Å². The number of hydrogen-bond donors (Lipinski definition) is 19. The summed E-state index contributed by atoms with van der Waals surface area (Å²) in [6, 6.07) is 0. The minimum Gasteiger partial charge on any atom is -0.394 e. The summed E-state index contributed by atoms with van der Waals surface area (Å²) in [7, 11) is 1.18. The Morgan fingerprint density at radius 3 is 0.971 bits per heavy atom. The van der Waals surface area contributed by atoms with Gasteiger partial charge < -0.3 is 154 Å². The molecule has 0 spiro atoms. The molecule has 31 nitrogen and oxygen atoms in total. The van der Waals surface area contributed by atoms with E-state index in [1.807, 2.05) is 0 Å². The number of ether oxygens (including phenoxy) is 12. The fourth-order valence-electron chi connectivity index (χ4n) is 8.69. The number of aliphatic hydroxyl groups excluding tert-OH is 19. The molecule has 6 rings (SSSR count). The molecule has 0 amide bonds. The first kappa shape index (κ1) is 56.1. The van der Waals surface area contributed by atoms with Crippen molar-refractivity contribution in [3.63, 3.8) is 0 Å². The molecule has 0 radical (unpaired) electrons. The zero-order chi connectivity index (χ0) is 50.0. The molecule has 6 fully saturated rings. The molecular formula is C37H64O31. The Hall–Kier alpha value is -1.24. The van der Waals surface area contributed by atoms with Gasteiger partial charge >= 0.3 is 0 Å². The number of methoxy groups -OCH3 is 1. The zero-order valence-electron chi connectivity index (χ0n) is 36.0. The summed E-state index contributed by atoms with van der Waals surface area (Å²) in [5.74, 6) is 0. The summed E-state index contributed by atoms with van der Waals surface area (Å²) in [6.45, 7) is -5.37. The molecule has 398 valence electrons. The van der Waals surface area contributed by atoms with Gasteiger partial charge in [-0.25, -0.2) is 0 Å². The molecule has 6 saturated heterocycles. The molecule has 30 atom stereocenters. The van der Waals surface area contributed by atoms with Crippen molar-refractivity contribution >= 4 is 0 Å². The van der Waals surface area contributed by atoms with Crippen molar-refractivity contribution in [2.75, 3.05) is 46.8 Å². The highest BCUT2D eigenvalue weighted by molar-refractivity contribution is 4.99. The lowest BCUT2D eigenvalue weighted by Gasteiger charge is -2.49. The van der Waals surface area contributed by atoms with E-state index < -0.39 is 224 Å². The molecular weight excluding hydrogens is 940 g/mol. The Bertz CT molecular complexity index is 1520. The van der Waals surface area contributed by atoms with Crippen LogP contribution in [0.5, 0.6) is 0 Å². The second-order valence-corrected chi connectivity index (χ2v) is 17.0. The van der Waals surface area contributed by atoms with Crippen LogP contribution in [0, 0.1) is 0 Å². The van der Waals surface area contributed by atoms with Gasteiger partial charge in [0.05, 0.1) is 39.6 Å². The topological polar surface area (TPSA) is 495 Å². The summed E-state index contributed by atoms with van der Waals surface area (Å²) in [4.78, 5) is 0. The Morgan fingerprint density at radius 2 is 0.588 bits per heavy atom. The quantitative estimate of drug-likeness (QED) is 0.0643. The van der Waals surface area contributed by atoms with Crippen LogP contribution in [-0.2, 0) is 56.8 Å². The molecule has 0 aromatic carbocycles. The summed E-state index contributed by atoms with van der Waals surface area (Å²) in [5.41, 5.74) is 0. The number of hydrogen-bond acceptors (Lipinski definition) is 31. The summed E-state index contributed by atoms with van der Waals surface area (Å²) < 4.78 is 66.5. The molecule has 0 bridgehead atoms.